The van der Waals surface area contributed by atoms with Gasteiger partial charge >= 0.3 is 0 Å². The van der Waals surface area contributed by atoms with Crippen LogP contribution in [0.1, 0.15) is 33.3 Å². The Balaban J connectivity index is 0.00000288. The number of ether oxygens (including phenoxy) is 1. The number of aliphatic imine (C=N–C) groups is 1. The lowest BCUT2D eigenvalue weighted by Gasteiger charge is -2.30. The van der Waals surface area contributed by atoms with Crippen LogP contribution in [0.15, 0.2) is 29.3 Å². The van der Waals surface area contributed by atoms with Crippen molar-refractivity contribution in [3.8, 4) is 0 Å². The van der Waals surface area contributed by atoms with Crippen LogP contribution in [-0.4, -0.2) is 44.3 Å². The maximum absolute atomic E-state index is 5.46. The van der Waals surface area contributed by atoms with E-state index in [4.69, 9.17) is 9.73 Å². The normalized spacial score (nSPS) is 15.7. The molecule has 1 aliphatic rings. The molecule has 0 saturated carbocycles. The van der Waals surface area contributed by atoms with Gasteiger partial charge in [-0.05, 0) is 39.3 Å². The minimum absolute atomic E-state index is 0. The van der Waals surface area contributed by atoms with E-state index in [0.29, 0.717) is 6.54 Å². The lowest BCUT2D eigenvalue weighted by molar-refractivity contribution is 0.122. The first-order valence-corrected chi connectivity index (χ1v) is 8.46. The van der Waals surface area contributed by atoms with Gasteiger partial charge in [-0.2, -0.15) is 0 Å². The van der Waals surface area contributed by atoms with E-state index in [1.165, 1.54) is 11.3 Å². The number of hydrogen-bond donors (Lipinski definition) is 2. The monoisotopic (exact) mass is 446 g/mol. The van der Waals surface area contributed by atoms with Gasteiger partial charge in [0.2, 0.25) is 0 Å². The topological polar surface area (TPSA) is 48.9 Å². The number of nitrogens with zero attached hydrogens (tertiary/aromatic N) is 2. The van der Waals surface area contributed by atoms with Crippen LogP contribution in [0.4, 0.5) is 5.69 Å². The van der Waals surface area contributed by atoms with Gasteiger partial charge in [-0.15, -0.1) is 24.0 Å². The molecule has 2 rings (SSSR count). The lowest BCUT2D eigenvalue weighted by Crippen LogP contribution is -2.47. The van der Waals surface area contributed by atoms with Gasteiger partial charge in [-0.25, -0.2) is 4.99 Å². The van der Waals surface area contributed by atoms with Crippen molar-refractivity contribution in [1.29, 1.82) is 0 Å². The number of anilines is 1. The van der Waals surface area contributed by atoms with Gasteiger partial charge in [-0.1, -0.05) is 18.2 Å². The van der Waals surface area contributed by atoms with Crippen molar-refractivity contribution in [1.82, 2.24) is 10.6 Å². The van der Waals surface area contributed by atoms with Crippen LogP contribution in [0.5, 0.6) is 0 Å². The van der Waals surface area contributed by atoms with Gasteiger partial charge < -0.3 is 20.3 Å². The number of rotatable bonds is 4. The summed E-state index contributed by atoms with van der Waals surface area (Å²) in [6.07, 6.45) is 0. The Hall–Kier alpha value is -1.02. The van der Waals surface area contributed by atoms with E-state index in [1.807, 2.05) is 0 Å². The minimum Gasteiger partial charge on any atom is -0.378 e. The Labute approximate surface area is 163 Å². The van der Waals surface area contributed by atoms with Crippen molar-refractivity contribution in [2.24, 2.45) is 4.99 Å². The summed E-state index contributed by atoms with van der Waals surface area (Å²) in [4.78, 5) is 7.15. The molecule has 1 aliphatic heterocycles. The second kappa shape index (κ2) is 10.1. The van der Waals surface area contributed by atoms with Crippen molar-refractivity contribution < 1.29 is 4.74 Å². The first kappa shape index (κ1) is 21.0. The summed E-state index contributed by atoms with van der Waals surface area (Å²) in [5.74, 6) is 0.858. The van der Waals surface area contributed by atoms with Crippen molar-refractivity contribution in [2.45, 2.75) is 39.8 Å². The molecule has 0 atom stereocenters. The van der Waals surface area contributed by atoms with Crippen LogP contribution in [0.3, 0.4) is 0 Å². The van der Waals surface area contributed by atoms with Crippen LogP contribution in [0, 0.1) is 0 Å². The number of morpholine rings is 1. The fourth-order valence-electron chi connectivity index (χ4n) is 2.58. The Morgan fingerprint density at radius 2 is 1.88 bits per heavy atom. The number of hydrogen-bond acceptors (Lipinski definition) is 3. The van der Waals surface area contributed by atoms with Crippen molar-refractivity contribution in [2.75, 3.05) is 37.7 Å². The smallest absolute Gasteiger partial charge is 0.191 e. The van der Waals surface area contributed by atoms with Gasteiger partial charge in [0.05, 0.1) is 19.8 Å². The summed E-state index contributed by atoms with van der Waals surface area (Å²) in [5, 5.41) is 6.75. The number of para-hydroxylation sites is 1. The Morgan fingerprint density at radius 3 is 2.50 bits per heavy atom. The maximum Gasteiger partial charge on any atom is 0.191 e. The Kier molecular flexibility index (Phi) is 8.83. The fourth-order valence-corrected chi connectivity index (χ4v) is 2.58. The van der Waals surface area contributed by atoms with Crippen LogP contribution >= 0.6 is 24.0 Å². The average molecular weight is 446 g/mol. The molecule has 0 bridgehead atoms. The molecule has 1 aromatic carbocycles. The van der Waals surface area contributed by atoms with E-state index in [9.17, 15) is 0 Å². The standard InChI is InChI=1S/C18H30N4O.HI/c1-5-19-17(21-18(2,3)4)20-14-15-8-6-7-9-16(15)22-10-12-23-13-11-22;/h6-9H,5,10-14H2,1-4H3,(H2,19,20,21);1H. The molecule has 1 heterocycles. The van der Waals surface area contributed by atoms with E-state index >= 15 is 0 Å². The summed E-state index contributed by atoms with van der Waals surface area (Å²) >= 11 is 0. The fraction of sp³-hybridized carbons (Fsp3) is 0.611. The zero-order valence-electron chi connectivity index (χ0n) is 15.3. The van der Waals surface area contributed by atoms with Crippen LogP contribution in [-0.2, 0) is 11.3 Å². The molecule has 0 aromatic heterocycles. The minimum atomic E-state index is -0.00920. The molecule has 1 aromatic rings. The molecule has 24 heavy (non-hydrogen) atoms. The van der Waals surface area contributed by atoms with Crippen molar-refractivity contribution in [3.63, 3.8) is 0 Å². The van der Waals surface area contributed by atoms with Gasteiger partial charge in [-0.3, -0.25) is 0 Å². The maximum atomic E-state index is 5.46. The third-order valence-electron chi connectivity index (χ3n) is 3.59. The zero-order valence-corrected chi connectivity index (χ0v) is 17.6. The lowest BCUT2D eigenvalue weighted by atomic mass is 10.1. The highest BCUT2D eigenvalue weighted by molar-refractivity contribution is 14.0. The van der Waals surface area contributed by atoms with E-state index in [1.54, 1.807) is 0 Å². The highest BCUT2D eigenvalue weighted by Crippen LogP contribution is 2.22. The third kappa shape index (κ3) is 6.84. The van der Waals surface area contributed by atoms with Crippen molar-refractivity contribution >= 4 is 35.6 Å². The second-order valence-corrected chi connectivity index (χ2v) is 6.80. The van der Waals surface area contributed by atoms with Crippen LogP contribution < -0.4 is 15.5 Å². The molecule has 136 valence electrons. The Morgan fingerprint density at radius 1 is 1.21 bits per heavy atom. The second-order valence-electron chi connectivity index (χ2n) is 6.80. The summed E-state index contributed by atoms with van der Waals surface area (Å²) in [6.45, 7) is 13.5. The molecule has 1 saturated heterocycles. The first-order valence-electron chi connectivity index (χ1n) is 8.46. The molecule has 0 amide bonds. The molecule has 0 radical (unpaired) electrons. The quantitative estimate of drug-likeness (QED) is 0.424. The van der Waals surface area contributed by atoms with Crippen molar-refractivity contribution in [3.05, 3.63) is 29.8 Å². The van der Waals surface area contributed by atoms with Crippen LogP contribution in [0.25, 0.3) is 0 Å². The number of halogens is 1. The van der Waals surface area contributed by atoms with Gasteiger partial charge in [0, 0.05) is 30.9 Å². The molecule has 0 aliphatic carbocycles. The summed E-state index contributed by atoms with van der Waals surface area (Å²) < 4.78 is 5.46. The average Bonchev–Trinajstić information content (AvgIpc) is 2.53. The van der Waals surface area contributed by atoms with Gasteiger partial charge in [0.25, 0.3) is 0 Å². The summed E-state index contributed by atoms with van der Waals surface area (Å²) in [5.41, 5.74) is 2.51. The van der Waals surface area contributed by atoms with Crippen LogP contribution in [0.2, 0.25) is 0 Å². The molecule has 1 fully saturated rings. The molecule has 0 unspecified atom stereocenters. The largest absolute Gasteiger partial charge is 0.378 e. The zero-order chi connectivity index (χ0) is 16.7. The highest BCUT2D eigenvalue weighted by Gasteiger charge is 2.15. The molecular weight excluding hydrogens is 415 g/mol. The molecule has 6 heteroatoms. The van der Waals surface area contributed by atoms with Gasteiger partial charge in [0.15, 0.2) is 5.96 Å². The number of benzene rings is 1. The van der Waals surface area contributed by atoms with E-state index in [2.05, 4.69) is 67.5 Å². The third-order valence-corrected chi connectivity index (χ3v) is 3.59. The molecule has 5 nitrogen and oxygen atoms in total. The van der Waals surface area contributed by atoms with E-state index in [0.717, 1.165) is 38.8 Å². The number of nitrogens with one attached hydrogen (secondary N) is 2. The van der Waals surface area contributed by atoms with Gasteiger partial charge in [0.1, 0.15) is 0 Å². The molecule has 0 spiro atoms. The SMILES string of the molecule is CCNC(=NCc1ccccc1N1CCOCC1)NC(C)(C)C.I. The predicted molar refractivity (Wildman–Crippen MR) is 113 cm³/mol. The Bertz CT molecular complexity index is 522. The predicted octanol–water partition coefficient (Wildman–Crippen LogP) is 2.99. The van der Waals surface area contributed by atoms with E-state index in [-0.39, 0.29) is 29.5 Å². The summed E-state index contributed by atoms with van der Waals surface area (Å²) in [7, 11) is 0. The summed E-state index contributed by atoms with van der Waals surface area (Å²) in [6, 6.07) is 8.52. The molecule has 2 N–H and O–H groups in total. The molecular formula is C18H31IN4O. The number of guanidine groups is 1. The first-order chi connectivity index (χ1) is 11.0. The highest BCUT2D eigenvalue weighted by atomic mass is 127. The van der Waals surface area contributed by atoms with E-state index < -0.39 is 0 Å².